The molecule has 2 N–H and O–H groups in total. The van der Waals surface area contributed by atoms with Crippen LogP contribution in [0.3, 0.4) is 0 Å². The van der Waals surface area contributed by atoms with E-state index < -0.39 is 5.91 Å². The summed E-state index contributed by atoms with van der Waals surface area (Å²) in [5.41, 5.74) is 4.87. The Labute approximate surface area is 157 Å². The third-order valence-corrected chi connectivity index (χ3v) is 4.00. The molecule has 27 heavy (non-hydrogen) atoms. The fourth-order valence-corrected chi connectivity index (χ4v) is 2.55. The highest BCUT2D eigenvalue weighted by atomic mass is 16.5. The summed E-state index contributed by atoms with van der Waals surface area (Å²) in [5, 5.41) is 8.73. The summed E-state index contributed by atoms with van der Waals surface area (Å²) in [6.45, 7) is 6.40. The van der Waals surface area contributed by atoms with Crippen LogP contribution in [0.2, 0.25) is 0 Å². The number of anilines is 2. The highest BCUT2D eigenvalue weighted by molar-refractivity contribution is 5.93. The van der Waals surface area contributed by atoms with Crippen molar-refractivity contribution >= 4 is 23.1 Å². The van der Waals surface area contributed by atoms with Crippen LogP contribution in [0.4, 0.5) is 11.6 Å². The molecular formula is C20H19N5O2. The Kier molecular flexibility index (Phi) is 5.53. The molecule has 0 bridgehead atoms. The van der Waals surface area contributed by atoms with Crippen molar-refractivity contribution in [2.24, 2.45) is 0 Å². The van der Waals surface area contributed by atoms with Gasteiger partial charge in [-0.25, -0.2) is 15.4 Å². The van der Waals surface area contributed by atoms with E-state index in [4.69, 9.17) is 5.21 Å². The predicted octanol–water partition coefficient (Wildman–Crippen LogP) is 3.36. The lowest BCUT2D eigenvalue weighted by Crippen LogP contribution is -2.20. The standard InChI is InChI=1S/C20H19N5O2/c1-14(2)17-7-8-22-18(11-17)25(19-12-21-9-10-23-19)13-15-3-5-16(6-4-15)20(26)24-27/h3-12,27H,1,13H2,2H3,(H,24,26). The van der Waals surface area contributed by atoms with Crippen LogP contribution in [0.15, 0.2) is 67.8 Å². The Balaban J connectivity index is 1.95. The highest BCUT2D eigenvalue weighted by Gasteiger charge is 2.14. The van der Waals surface area contributed by atoms with Crippen LogP contribution < -0.4 is 10.4 Å². The van der Waals surface area contributed by atoms with Crippen molar-refractivity contribution in [1.29, 1.82) is 0 Å². The molecule has 3 aromatic rings. The molecule has 2 aromatic heterocycles. The molecule has 0 saturated carbocycles. The van der Waals surface area contributed by atoms with Gasteiger partial charge >= 0.3 is 0 Å². The molecule has 0 saturated heterocycles. The lowest BCUT2D eigenvalue weighted by molar-refractivity contribution is 0.0706. The van der Waals surface area contributed by atoms with E-state index in [9.17, 15) is 4.79 Å². The van der Waals surface area contributed by atoms with E-state index in [1.165, 1.54) is 0 Å². The maximum Gasteiger partial charge on any atom is 0.274 e. The second-order valence-electron chi connectivity index (χ2n) is 5.97. The molecule has 0 fully saturated rings. The van der Waals surface area contributed by atoms with Crippen molar-refractivity contribution < 1.29 is 10.0 Å². The first-order valence-corrected chi connectivity index (χ1v) is 8.27. The number of nitrogens with zero attached hydrogens (tertiary/aromatic N) is 4. The Hall–Kier alpha value is -3.58. The molecule has 0 aliphatic carbocycles. The van der Waals surface area contributed by atoms with Gasteiger partial charge in [-0.1, -0.05) is 24.3 Å². The molecule has 0 radical (unpaired) electrons. The number of amides is 1. The van der Waals surface area contributed by atoms with Gasteiger partial charge in [-0.2, -0.15) is 0 Å². The number of hydrogen-bond donors (Lipinski definition) is 2. The van der Waals surface area contributed by atoms with Crippen molar-refractivity contribution in [1.82, 2.24) is 20.4 Å². The molecule has 0 unspecified atom stereocenters. The van der Waals surface area contributed by atoms with Crippen molar-refractivity contribution in [3.05, 3.63) is 84.5 Å². The third-order valence-electron chi connectivity index (χ3n) is 4.00. The lowest BCUT2D eigenvalue weighted by atomic mass is 10.1. The fourth-order valence-electron chi connectivity index (χ4n) is 2.55. The molecule has 0 aliphatic rings. The molecular weight excluding hydrogens is 342 g/mol. The van der Waals surface area contributed by atoms with Crippen LogP contribution in [-0.4, -0.2) is 26.1 Å². The SMILES string of the molecule is C=C(C)c1ccnc(N(Cc2ccc(C(=O)NO)cc2)c2cnccn2)c1. The lowest BCUT2D eigenvalue weighted by Gasteiger charge is -2.23. The van der Waals surface area contributed by atoms with E-state index in [0.717, 1.165) is 16.7 Å². The molecule has 136 valence electrons. The number of pyridine rings is 1. The van der Waals surface area contributed by atoms with Crippen LogP contribution >= 0.6 is 0 Å². The fraction of sp³-hybridized carbons (Fsp3) is 0.100. The topological polar surface area (TPSA) is 91.2 Å². The van der Waals surface area contributed by atoms with Crippen LogP contribution in [0.25, 0.3) is 5.57 Å². The average Bonchev–Trinajstić information content (AvgIpc) is 2.72. The van der Waals surface area contributed by atoms with Crippen LogP contribution in [0.5, 0.6) is 0 Å². The largest absolute Gasteiger partial charge is 0.305 e. The summed E-state index contributed by atoms with van der Waals surface area (Å²) in [5.74, 6) is 0.817. The van der Waals surface area contributed by atoms with Crippen molar-refractivity contribution in [2.75, 3.05) is 4.90 Å². The quantitative estimate of drug-likeness (QED) is 0.517. The monoisotopic (exact) mass is 361 g/mol. The smallest absolute Gasteiger partial charge is 0.274 e. The zero-order valence-corrected chi connectivity index (χ0v) is 14.8. The van der Waals surface area contributed by atoms with E-state index in [-0.39, 0.29) is 0 Å². The first kappa shape index (κ1) is 18.2. The van der Waals surface area contributed by atoms with Gasteiger partial charge in [0.1, 0.15) is 5.82 Å². The predicted molar refractivity (Wildman–Crippen MR) is 103 cm³/mol. The Morgan fingerprint density at radius 2 is 1.81 bits per heavy atom. The number of rotatable bonds is 6. The maximum absolute atomic E-state index is 11.5. The van der Waals surface area contributed by atoms with Gasteiger partial charge in [0.15, 0.2) is 5.82 Å². The Morgan fingerprint density at radius 3 is 2.44 bits per heavy atom. The summed E-state index contributed by atoms with van der Waals surface area (Å²) in [6, 6.07) is 10.8. The van der Waals surface area contributed by atoms with E-state index in [1.54, 1.807) is 42.4 Å². The molecule has 7 nitrogen and oxygen atoms in total. The molecule has 0 spiro atoms. The minimum Gasteiger partial charge on any atom is -0.305 e. The number of hydrogen-bond acceptors (Lipinski definition) is 6. The molecule has 1 aromatic carbocycles. The van der Waals surface area contributed by atoms with Crippen molar-refractivity contribution in [3.63, 3.8) is 0 Å². The Morgan fingerprint density at radius 1 is 1.07 bits per heavy atom. The molecule has 2 heterocycles. The van der Waals surface area contributed by atoms with Gasteiger partial charge < -0.3 is 4.90 Å². The number of carbonyl (C=O) groups is 1. The molecule has 0 atom stereocenters. The van der Waals surface area contributed by atoms with Crippen LogP contribution in [0, 0.1) is 0 Å². The van der Waals surface area contributed by atoms with Gasteiger partial charge in [0.25, 0.3) is 5.91 Å². The summed E-state index contributed by atoms with van der Waals surface area (Å²) in [4.78, 5) is 26.4. The van der Waals surface area contributed by atoms with Crippen LogP contribution in [-0.2, 0) is 6.54 Å². The van der Waals surface area contributed by atoms with Gasteiger partial charge in [0, 0.05) is 24.2 Å². The number of hydroxylamine groups is 1. The van der Waals surface area contributed by atoms with Gasteiger partial charge in [-0.15, -0.1) is 0 Å². The molecule has 0 aliphatic heterocycles. The van der Waals surface area contributed by atoms with E-state index in [0.29, 0.717) is 23.7 Å². The minimum absolute atomic E-state index is 0.370. The molecule has 7 heteroatoms. The first-order valence-electron chi connectivity index (χ1n) is 8.27. The van der Waals surface area contributed by atoms with Gasteiger partial charge in [-0.3, -0.25) is 15.0 Å². The number of aromatic nitrogens is 3. The summed E-state index contributed by atoms with van der Waals surface area (Å²) >= 11 is 0. The van der Waals surface area contributed by atoms with Gasteiger partial charge in [-0.05, 0) is 42.3 Å². The number of carbonyl (C=O) groups excluding carboxylic acids is 1. The van der Waals surface area contributed by atoms with Crippen molar-refractivity contribution in [2.45, 2.75) is 13.5 Å². The third kappa shape index (κ3) is 4.34. The molecule has 1 amide bonds. The number of benzene rings is 1. The Bertz CT molecular complexity index is 942. The first-order chi connectivity index (χ1) is 13.1. The number of allylic oxidation sites excluding steroid dienone is 1. The van der Waals surface area contributed by atoms with E-state index in [1.807, 2.05) is 36.1 Å². The zero-order valence-electron chi connectivity index (χ0n) is 14.8. The van der Waals surface area contributed by atoms with Gasteiger partial charge in [0.05, 0.1) is 12.7 Å². The molecule has 3 rings (SSSR count). The number of nitrogens with one attached hydrogen (secondary N) is 1. The minimum atomic E-state index is -0.553. The van der Waals surface area contributed by atoms with Crippen molar-refractivity contribution in [3.8, 4) is 0 Å². The summed E-state index contributed by atoms with van der Waals surface area (Å²) < 4.78 is 0. The second kappa shape index (κ2) is 8.20. The van der Waals surface area contributed by atoms with Gasteiger partial charge in [0.2, 0.25) is 0 Å². The highest BCUT2D eigenvalue weighted by Crippen LogP contribution is 2.26. The second-order valence-corrected chi connectivity index (χ2v) is 5.97. The zero-order chi connectivity index (χ0) is 19.2. The van der Waals surface area contributed by atoms with E-state index >= 15 is 0 Å². The summed E-state index contributed by atoms with van der Waals surface area (Å²) in [6.07, 6.45) is 6.64. The maximum atomic E-state index is 11.5. The summed E-state index contributed by atoms with van der Waals surface area (Å²) in [7, 11) is 0. The average molecular weight is 361 g/mol. The van der Waals surface area contributed by atoms with E-state index in [2.05, 4.69) is 21.5 Å². The normalized spacial score (nSPS) is 10.3. The van der Waals surface area contributed by atoms with Crippen LogP contribution in [0.1, 0.15) is 28.4 Å².